The summed E-state index contributed by atoms with van der Waals surface area (Å²) < 4.78 is 6.06. The summed E-state index contributed by atoms with van der Waals surface area (Å²) in [5.74, 6) is 1.76. The highest BCUT2D eigenvalue weighted by atomic mass is 32.1. The lowest BCUT2D eigenvalue weighted by molar-refractivity contribution is -0.137. The summed E-state index contributed by atoms with van der Waals surface area (Å²) in [7, 11) is 0. The smallest absolute Gasteiger partial charge is 0.245 e. The third kappa shape index (κ3) is 6.67. The van der Waals surface area contributed by atoms with Crippen molar-refractivity contribution in [2.45, 2.75) is 84.7 Å². The second-order valence-electron chi connectivity index (χ2n) is 9.78. The number of amides is 1. The van der Waals surface area contributed by atoms with E-state index in [-0.39, 0.29) is 30.0 Å². The minimum atomic E-state index is -0.352. The van der Waals surface area contributed by atoms with Gasteiger partial charge in [0, 0.05) is 19.7 Å². The van der Waals surface area contributed by atoms with Crippen LogP contribution < -0.4 is 11.1 Å². The highest BCUT2D eigenvalue weighted by molar-refractivity contribution is 7.80. The number of nitrogens with zero attached hydrogens (tertiary/aromatic N) is 1. The van der Waals surface area contributed by atoms with Gasteiger partial charge in [-0.3, -0.25) is 4.79 Å². The van der Waals surface area contributed by atoms with Gasteiger partial charge in [-0.15, -0.1) is 0 Å². The highest BCUT2D eigenvalue weighted by Crippen LogP contribution is 2.37. The first-order valence-electron chi connectivity index (χ1n) is 11.1. The van der Waals surface area contributed by atoms with Crippen molar-refractivity contribution in [1.29, 1.82) is 0 Å². The van der Waals surface area contributed by atoms with E-state index in [4.69, 9.17) is 22.7 Å². The van der Waals surface area contributed by atoms with Crippen molar-refractivity contribution in [2.24, 2.45) is 23.0 Å². The van der Waals surface area contributed by atoms with Gasteiger partial charge in [0.15, 0.2) is 0 Å². The molecule has 2 unspecified atom stereocenters. The van der Waals surface area contributed by atoms with Crippen LogP contribution in [0.4, 0.5) is 0 Å². The number of unbranched alkanes of at least 4 members (excludes halogenated alkanes) is 1. The predicted molar refractivity (Wildman–Crippen MR) is 119 cm³/mol. The molecular formula is C22H41N3O2S. The van der Waals surface area contributed by atoms with Crippen molar-refractivity contribution < 1.29 is 9.53 Å². The lowest BCUT2D eigenvalue weighted by Gasteiger charge is -2.37. The van der Waals surface area contributed by atoms with Gasteiger partial charge in [-0.2, -0.15) is 0 Å². The van der Waals surface area contributed by atoms with E-state index in [1.54, 1.807) is 0 Å². The Morgan fingerprint density at radius 2 is 2.00 bits per heavy atom. The summed E-state index contributed by atoms with van der Waals surface area (Å²) >= 11 is 5.25. The third-order valence-corrected chi connectivity index (χ3v) is 6.51. The number of thiocarbonyl (C=S) groups is 1. The highest BCUT2D eigenvalue weighted by Gasteiger charge is 2.39. The van der Waals surface area contributed by atoms with E-state index >= 15 is 0 Å². The van der Waals surface area contributed by atoms with Gasteiger partial charge in [0.2, 0.25) is 5.91 Å². The lowest BCUT2D eigenvalue weighted by Crippen LogP contribution is -2.56. The molecule has 2 rings (SSSR count). The molecule has 1 aliphatic carbocycles. The molecule has 1 saturated heterocycles. The van der Waals surface area contributed by atoms with Gasteiger partial charge in [0.1, 0.15) is 6.04 Å². The minimum absolute atomic E-state index is 0.123. The maximum absolute atomic E-state index is 13.3. The Kier molecular flexibility index (Phi) is 9.16. The van der Waals surface area contributed by atoms with Crippen molar-refractivity contribution in [1.82, 2.24) is 10.2 Å². The quantitative estimate of drug-likeness (QED) is 0.539. The molecule has 0 aromatic rings. The van der Waals surface area contributed by atoms with Crippen LogP contribution in [0.5, 0.6) is 0 Å². The molecule has 28 heavy (non-hydrogen) atoms. The fourth-order valence-corrected chi connectivity index (χ4v) is 4.56. The first-order valence-corrected chi connectivity index (χ1v) is 11.5. The summed E-state index contributed by atoms with van der Waals surface area (Å²) in [4.78, 5) is 15.8. The van der Waals surface area contributed by atoms with Crippen LogP contribution in [-0.4, -0.2) is 54.2 Å². The van der Waals surface area contributed by atoms with E-state index in [2.05, 4.69) is 33.0 Å². The molecule has 1 amide bonds. The maximum Gasteiger partial charge on any atom is 0.245 e. The first kappa shape index (κ1) is 23.6. The molecule has 0 radical (unpaired) electrons. The van der Waals surface area contributed by atoms with Gasteiger partial charge in [0.05, 0.1) is 17.6 Å². The molecule has 0 aromatic carbocycles. The standard InChI is InChI=1S/C22H41N3O2S/c1-5-6-8-16-11-17(12-16)14-27-15-18-9-7-10-25(18)21(26)20(22(2,3)4)24-19(28)13-23/h16-18,20H,5-15,23H2,1-4H3,(H,24,28). The number of carbonyl (C=O) groups is 1. The molecule has 2 aliphatic rings. The summed E-state index contributed by atoms with van der Waals surface area (Å²) in [5.41, 5.74) is 5.41. The average molecular weight is 412 g/mol. The topological polar surface area (TPSA) is 67.6 Å². The Morgan fingerprint density at radius 3 is 2.61 bits per heavy atom. The van der Waals surface area contributed by atoms with Gasteiger partial charge in [-0.1, -0.05) is 59.2 Å². The molecule has 6 heteroatoms. The van der Waals surface area contributed by atoms with Crippen LogP contribution in [0.1, 0.15) is 72.6 Å². The minimum Gasteiger partial charge on any atom is -0.379 e. The predicted octanol–water partition coefficient (Wildman–Crippen LogP) is 3.50. The van der Waals surface area contributed by atoms with E-state index in [1.807, 2.05) is 4.90 Å². The summed E-state index contributed by atoms with van der Waals surface area (Å²) in [6, 6.07) is -0.170. The van der Waals surface area contributed by atoms with Crippen LogP contribution >= 0.6 is 12.2 Å². The van der Waals surface area contributed by atoms with Crippen molar-refractivity contribution in [3.8, 4) is 0 Å². The van der Waals surface area contributed by atoms with Gasteiger partial charge >= 0.3 is 0 Å². The fourth-order valence-electron chi connectivity index (χ4n) is 4.44. The normalized spacial score (nSPS) is 26.0. The zero-order valence-electron chi connectivity index (χ0n) is 18.3. The van der Waals surface area contributed by atoms with E-state index < -0.39 is 0 Å². The molecule has 5 nitrogen and oxygen atoms in total. The fraction of sp³-hybridized carbons (Fsp3) is 0.909. The number of nitrogens with two attached hydrogens (primary N) is 1. The van der Waals surface area contributed by atoms with E-state index in [0.717, 1.165) is 37.8 Å². The molecule has 162 valence electrons. The molecule has 1 saturated carbocycles. The summed E-state index contributed by atoms with van der Waals surface area (Å²) in [6.45, 7) is 11.0. The monoisotopic (exact) mass is 411 g/mol. The third-order valence-electron chi connectivity index (χ3n) is 6.23. The Morgan fingerprint density at radius 1 is 1.29 bits per heavy atom. The largest absolute Gasteiger partial charge is 0.379 e. The Balaban J connectivity index is 1.80. The molecule has 0 spiro atoms. The average Bonchev–Trinajstić information content (AvgIpc) is 3.07. The number of nitrogens with one attached hydrogen (secondary N) is 1. The van der Waals surface area contributed by atoms with Crippen LogP contribution in [-0.2, 0) is 9.53 Å². The number of ether oxygens (including phenoxy) is 1. The Bertz CT molecular complexity index is 514. The zero-order valence-corrected chi connectivity index (χ0v) is 19.2. The van der Waals surface area contributed by atoms with Crippen molar-refractivity contribution >= 4 is 23.1 Å². The SMILES string of the molecule is CCCCC1CC(COCC2CCCN2C(=O)C(NC(=S)CN)C(C)(C)C)C1. The molecule has 0 bridgehead atoms. The molecule has 2 fully saturated rings. The number of hydrogen-bond acceptors (Lipinski definition) is 4. The van der Waals surface area contributed by atoms with Crippen LogP contribution in [0.25, 0.3) is 0 Å². The van der Waals surface area contributed by atoms with Crippen LogP contribution in [0.3, 0.4) is 0 Å². The number of hydrogen-bond donors (Lipinski definition) is 2. The number of carbonyl (C=O) groups excluding carboxylic acids is 1. The van der Waals surface area contributed by atoms with Crippen molar-refractivity contribution in [3.05, 3.63) is 0 Å². The zero-order chi connectivity index (χ0) is 20.7. The van der Waals surface area contributed by atoms with Crippen LogP contribution in [0, 0.1) is 17.3 Å². The molecule has 0 aromatic heterocycles. The maximum atomic E-state index is 13.3. The second-order valence-corrected chi connectivity index (χ2v) is 10.3. The second kappa shape index (κ2) is 10.9. The van der Waals surface area contributed by atoms with Gasteiger partial charge in [-0.05, 0) is 42.9 Å². The van der Waals surface area contributed by atoms with Gasteiger partial charge in [-0.25, -0.2) is 0 Å². The Hall–Kier alpha value is -0.720. The first-order chi connectivity index (χ1) is 13.3. The van der Waals surface area contributed by atoms with Crippen molar-refractivity contribution in [3.63, 3.8) is 0 Å². The van der Waals surface area contributed by atoms with E-state index in [0.29, 0.717) is 11.6 Å². The summed E-state index contributed by atoms with van der Waals surface area (Å²) in [6.07, 6.45) is 8.73. The van der Waals surface area contributed by atoms with E-state index in [1.165, 1.54) is 32.1 Å². The Labute approximate surface area is 177 Å². The molecule has 1 aliphatic heterocycles. The molecule has 3 N–H and O–H groups in total. The van der Waals surface area contributed by atoms with Gasteiger partial charge in [0.25, 0.3) is 0 Å². The van der Waals surface area contributed by atoms with Crippen LogP contribution in [0.15, 0.2) is 0 Å². The molecule has 2 atom stereocenters. The molecule has 1 heterocycles. The summed E-state index contributed by atoms with van der Waals surface area (Å²) in [5, 5.41) is 3.19. The van der Waals surface area contributed by atoms with Gasteiger partial charge < -0.3 is 20.7 Å². The van der Waals surface area contributed by atoms with E-state index in [9.17, 15) is 4.79 Å². The van der Waals surface area contributed by atoms with Crippen molar-refractivity contribution in [2.75, 3.05) is 26.3 Å². The van der Waals surface area contributed by atoms with Crippen LogP contribution in [0.2, 0.25) is 0 Å². The number of rotatable bonds is 10. The lowest BCUT2D eigenvalue weighted by atomic mass is 9.73. The molecular weight excluding hydrogens is 370 g/mol. The number of likely N-dealkylation sites (tertiary alicyclic amines) is 1.